The van der Waals surface area contributed by atoms with Crippen molar-refractivity contribution in [2.24, 2.45) is 0 Å². The Morgan fingerprint density at radius 2 is 1.62 bits per heavy atom. The fourth-order valence-electron chi connectivity index (χ4n) is 7.12. The van der Waals surface area contributed by atoms with Gasteiger partial charge in [-0.15, -0.1) is 0 Å². The molecule has 2 aliphatic rings. The van der Waals surface area contributed by atoms with E-state index in [4.69, 9.17) is 11.5 Å². The van der Waals surface area contributed by atoms with Gasteiger partial charge in [-0.2, -0.15) is 9.97 Å². The zero-order valence-electron chi connectivity index (χ0n) is 33.6. The van der Waals surface area contributed by atoms with Crippen LogP contribution in [-0.4, -0.2) is 104 Å². The van der Waals surface area contributed by atoms with Gasteiger partial charge in [0.2, 0.25) is 23.7 Å². The quantitative estimate of drug-likeness (QED) is 0.0496. The van der Waals surface area contributed by atoms with Gasteiger partial charge in [-0.1, -0.05) is 25.7 Å². The number of hydrogen-bond donors (Lipinski definition) is 7. The monoisotopic (exact) mass is 836 g/mol. The van der Waals surface area contributed by atoms with Crippen molar-refractivity contribution in [3.63, 3.8) is 0 Å². The molecule has 2 atom stereocenters. The molecule has 20 nitrogen and oxygen atoms in total. The van der Waals surface area contributed by atoms with Gasteiger partial charge in [0.05, 0.1) is 29.6 Å². The first-order valence-corrected chi connectivity index (χ1v) is 20.0. The Kier molecular flexibility index (Phi) is 14.0. The lowest BCUT2D eigenvalue weighted by Crippen LogP contribution is -2.54. The highest BCUT2D eigenvalue weighted by molar-refractivity contribution is 6.23. The summed E-state index contributed by atoms with van der Waals surface area (Å²) >= 11 is 0. The van der Waals surface area contributed by atoms with Gasteiger partial charge in [-0.25, -0.2) is 14.8 Å². The molecule has 9 N–H and O–H groups in total. The number of unbranched alkanes of at least 4 members (excludes halogenated alkanes) is 5. The van der Waals surface area contributed by atoms with Crippen LogP contribution in [0, 0.1) is 0 Å². The minimum atomic E-state index is -1.25. The molecule has 2 aromatic heterocycles. The van der Waals surface area contributed by atoms with Crippen LogP contribution in [0.1, 0.15) is 101 Å². The molecular weight excluding hydrogens is 789 g/mol. The number of carboxylic acid groups (broad SMARTS) is 1. The molecule has 4 heterocycles. The average Bonchev–Trinajstić information content (AvgIpc) is 3.47. The van der Waals surface area contributed by atoms with E-state index in [0.29, 0.717) is 36.5 Å². The number of hydrogen-bond acceptors (Lipinski definition) is 15. The van der Waals surface area contributed by atoms with Crippen LogP contribution in [0.4, 0.5) is 23.1 Å². The molecule has 1 fully saturated rings. The summed E-state index contributed by atoms with van der Waals surface area (Å²) in [6.07, 6.45) is 7.03. The highest BCUT2D eigenvalue weighted by Gasteiger charge is 2.44. The van der Waals surface area contributed by atoms with E-state index in [9.17, 15) is 38.7 Å². The Bertz CT molecular complexity index is 2340. The summed E-state index contributed by atoms with van der Waals surface area (Å²) in [5.74, 6) is -4.14. The number of nitrogen functional groups attached to an aromatic ring is 2. The summed E-state index contributed by atoms with van der Waals surface area (Å²) in [5.41, 5.74) is 14.9. The number of carbonyl (C=O) groups is 7. The van der Waals surface area contributed by atoms with Crippen LogP contribution in [0.3, 0.4) is 0 Å². The van der Waals surface area contributed by atoms with Gasteiger partial charge in [0.15, 0.2) is 17.0 Å². The number of aliphatic carboxylic acids is 1. The Labute approximate surface area is 350 Å². The molecular formula is C41H48N12O8. The molecule has 1 saturated heterocycles. The van der Waals surface area contributed by atoms with Gasteiger partial charge in [0, 0.05) is 49.9 Å². The summed E-state index contributed by atoms with van der Waals surface area (Å²) in [5, 5.41) is 20.5. The zero-order chi connectivity index (χ0) is 43.6. The first kappa shape index (κ1) is 43.3. The fourth-order valence-corrected chi connectivity index (χ4v) is 7.12. The summed E-state index contributed by atoms with van der Waals surface area (Å²) in [6, 6.07) is 9.26. The maximum absolute atomic E-state index is 13.0. The lowest BCUT2D eigenvalue weighted by Gasteiger charge is -2.27. The minimum absolute atomic E-state index is 0.00607. The van der Waals surface area contributed by atoms with Crippen LogP contribution >= 0.6 is 0 Å². The molecule has 0 aliphatic carbocycles. The van der Waals surface area contributed by atoms with Gasteiger partial charge in [0.1, 0.15) is 12.1 Å². The van der Waals surface area contributed by atoms with Gasteiger partial charge in [-0.05, 0) is 68.1 Å². The summed E-state index contributed by atoms with van der Waals surface area (Å²) in [6.45, 7) is 1.47. The normalized spacial score (nSPS) is 15.3. The number of benzene rings is 2. The van der Waals surface area contributed by atoms with Crippen LogP contribution in [0.5, 0.6) is 0 Å². The predicted molar refractivity (Wildman–Crippen MR) is 223 cm³/mol. The molecule has 20 heteroatoms. The molecule has 0 saturated carbocycles. The number of carbonyl (C=O) groups excluding carboxylic acids is 6. The second kappa shape index (κ2) is 19.7. The van der Waals surface area contributed by atoms with E-state index >= 15 is 0 Å². The van der Waals surface area contributed by atoms with E-state index in [2.05, 4.69) is 41.2 Å². The number of nitrogens with two attached hydrogens (primary N) is 2. The molecule has 0 bridgehead atoms. The number of fused-ring (bicyclic) bond motifs is 2. The van der Waals surface area contributed by atoms with Crippen LogP contribution in [-0.2, 0) is 25.7 Å². The third-order valence-electron chi connectivity index (χ3n) is 10.4. The Morgan fingerprint density at radius 1 is 0.918 bits per heavy atom. The fraction of sp³-hybridized carbons (Fsp3) is 0.390. The topological polar surface area (TPSA) is 298 Å². The van der Waals surface area contributed by atoms with E-state index in [-0.39, 0.29) is 65.7 Å². The lowest BCUT2D eigenvalue weighted by molar-refractivity contribution is -0.140. The number of nitrogens with zero attached hydrogens (tertiary/aromatic N) is 6. The van der Waals surface area contributed by atoms with E-state index in [1.807, 2.05) is 11.9 Å². The number of aromatic nitrogens is 4. The highest BCUT2D eigenvalue weighted by Crippen LogP contribution is 2.30. The first-order chi connectivity index (χ1) is 29.3. The van der Waals surface area contributed by atoms with Crippen molar-refractivity contribution in [3.8, 4) is 0 Å². The Balaban J connectivity index is 0.827. The number of anilines is 4. The number of carboxylic acids is 1. The third-order valence-corrected chi connectivity index (χ3v) is 10.4. The van der Waals surface area contributed by atoms with Crippen molar-refractivity contribution in [1.29, 1.82) is 0 Å². The molecule has 320 valence electrons. The smallest absolute Gasteiger partial charge is 0.326 e. The largest absolute Gasteiger partial charge is 0.480 e. The number of imide groups is 2. The van der Waals surface area contributed by atoms with Crippen molar-refractivity contribution in [1.82, 2.24) is 40.8 Å². The predicted octanol–water partition coefficient (Wildman–Crippen LogP) is 2.15. The van der Waals surface area contributed by atoms with E-state index in [1.165, 1.54) is 0 Å². The first-order valence-electron chi connectivity index (χ1n) is 20.0. The molecule has 2 aliphatic heterocycles. The Hall–Kier alpha value is -7.25. The van der Waals surface area contributed by atoms with E-state index in [1.54, 1.807) is 48.7 Å². The van der Waals surface area contributed by atoms with Crippen molar-refractivity contribution < 1.29 is 38.7 Å². The second-order valence-corrected chi connectivity index (χ2v) is 14.9. The Morgan fingerprint density at radius 3 is 2.34 bits per heavy atom. The number of amides is 6. The molecule has 0 spiro atoms. The van der Waals surface area contributed by atoms with Crippen LogP contribution < -0.4 is 37.6 Å². The summed E-state index contributed by atoms with van der Waals surface area (Å²) in [4.78, 5) is 107. The van der Waals surface area contributed by atoms with Gasteiger partial charge in [0.25, 0.3) is 17.7 Å². The zero-order valence-corrected chi connectivity index (χ0v) is 33.6. The summed E-state index contributed by atoms with van der Waals surface area (Å²) in [7, 11) is 1.83. The molecule has 1 unspecified atom stereocenters. The number of rotatable bonds is 20. The van der Waals surface area contributed by atoms with Gasteiger partial charge < -0.3 is 37.4 Å². The van der Waals surface area contributed by atoms with Crippen molar-refractivity contribution in [3.05, 3.63) is 71.0 Å². The molecule has 0 radical (unpaired) electrons. The van der Waals surface area contributed by atoms with Crippen LogP contribution in [0.15, 0.2) is 48.7 Å². The van der Waals surface area contributed by atoms with Crippen molar-refractivity contribution in [2.75, 3.05) is 41.8 Å². The van der Waals surface area contributed by atoms with E-state index < -0.39 is 47.6 Å². The standard InChI is InChI=1S/C41H48N12O8/c1-52(22-25-21-46-35-33(47-25)34(42)50-41(43)51-35)26-11-8-23(9-12-26)36(56)48-29(40(60)61)14-16-31(54)45-19-7-5-3-2-4-6-18-44-24-10-13-27-28(20-24)39(59)53(38(27)58)30-15-17-32(55)49-37(30)57/h8-13,20-21,29-30,44H,2-7,14-19,22H2,1H3,(H,45,54)(H,48,56)(H,60,61)(H,49,55,57)(H4,42,43,46,50,51)/t29-,30?/m0/s1. The maximum atomic E-state index is 13.0. The summed E-state index contributed by atoms with van der Waals surface area (Å²) < 4.78 is 0. The minimum Gasteiger partial charge on any atom is -0.480 e. The van der Waals surface area contributed by atoms with Crippen LogP contribution in [0.25, 0.3) is 11.2 Å². The molecule has 6 amide bonds. The highest BCUT2D eigenvalue weighted by atomic mass is 16.4. The number of nitrogens with one attached hydrogen (secondary N) is 4. The van der Waals surface area contributed by atoms with E-state index in [0.717, 1.165) is 49.1 Å². The number of piperidine rings is 1. The average molecular weight is 837 g/mol. The lowest BCUT2D eigenvalue weighted by atomic mass is 10.0. The third kappa shape index (κ3) is 10.9. The molecule has 2 aromatic carbocycles. The molecule has 6 rings (SSSR count). The van der Waals surface area contributed by atoms with Crippen molar-refractivity contribution >= 4 is 75.7 Å². The van der Waals surface area contributed by atoms with Crippen molar-refractivity contribution in [2.45, 2.75) is 82.8 Å². The SMILES string of the molecule is CN(Cc1cnc2nc(N)nc(N)c2n1)c1ccc(C(=O)N[C@@H](CCC(=O)NCCCCCCCCNc2ccc3c(c2)C(=O)N(C2CCC(=O)NC2=O)C3=O)C(=O)O)cc1. The van der Waals surface area contributed by atoms with Gasteiger partial charge in [-0.3, -0.25) is 39.0 Å². The maximum Gasteiger partial charge on any atom is 0.326 e. The molecule has 4 aromatic rings. The van der Waals surface area contributed by atoms with Gasteiger partial charge >= 0.3 is 5.97 Å². The van der Waals surface area contributed by atoms with Crippen LogP contribution in [0.2, 0.25) is 0 Å². The second-order valence-electron chi connectivity index (χ2n) is 14.9. The molecule has 61 heavy (non-hydrogen) atoms.